The van der Waals surface area contributed by atoms with Crippen molar-refractivity contribution in [2.24, 2.45) is 13.0 Å². The van der Waals surface area contributed by atoms with Crippen molar-refractivity contribution in [3.05, 3.63) is 45.3 Å². The lowest BCUT2D eigenvalue weighted by atomic mass is 9.86. The van der Waals surface area contributed by atoms with Gasteiger partial charge >= 0.3 is 0 Å². The van der Waals surface area contributed by atoms with E-state index in [0.29, 0.717) is 32.5 Å². The zero-order valence-electron chi connectivity index (χ0n) is 17.3. The summed E-state index contributed by atoms with van der Waals surface area (Å²) in [4.78, 5) is 13.9. The second-order valence-electron chi connectivity index (χ2n) is 7.52. The summed E-state index contributed by atoms with van der Waals surface area (Å²) in [5.74, 6) is 1.34. The van der Waals surface area contributed by atoms with Crippen molar-refractivity contribution in [2.75, 3.05) is 11.1 Å². The molecule has 31 heavy (non-hydrogen) atoms. The highest BCUT2D eigenvalue weighted by Crippen LogP contribution is 2.40. The fourth-order valence-electron chi connectivity index (χ4n) is 3.82. The van der Waals surface area contributed by atoms with Crippen molar-refractivity contribution in [3.63, 3.8) is 0 Å². The van der Waals surface area contributed by atoms with E-state index in [2.05, 4.69) is 28.5 Å². The number of nitriles is 1. The summed E-state index contributed by atoms with van der Waals surface area (Å²) in [7, 11) is 1.85. The van der Waals surface area contributed by atoms with Crippen LogP contribution in [0.4, 0.5) is 5.00 Å². The molecule has 3 aromatic rings. The molecule has 0 aliphatic heterocycles. The molecule has 0 spiro atoms. The van der Waals surface area contributed by atoms with Crippen LogP contribution < -0.4 is 5.32 Å². The Bertz CT molecular complexity index is 1160. The molecular weight excluding hydrogens is 450 g/mol. The van der Waals surface area contributed by atoms with E-state index in [4.69, 9.17) is 11.6 Å². The monoisotopic (exact) mass is 471 g/mol. The van der Waals surface area contributed by atoms with Gasteiger partial charge in [-0.2, -0.15) is 5.26 Å². The number of thioether (sulfide) groups is 1. The molecule has 1 unspecified atom stereocenters. The van der Waals surface area contributed by atoms with Crippen molar-refractivity contribution >= 4 is 45.6 Å². The van der Waals surface area contributed by atoms with E-state index in [0.717, 1.165) is 36.8 Å². The largest absolute Gasteiger partial charge is 0.316 e. The molecule has 2 aromatic heterocycles. The number of amides is 1. The summed E-state index contributed by atoms with van der Waals surface area (Å²) in [6.07, 6.45) is 4.17. The Balaban J connectivity index is 1.44. The minimum Gasteiger partial charge on any atom is -0.316 e. The Hall–Kier alpha value is -2.34. The maximum Gasteiger partial charge on any atom is 0.235 e. The van der Waals surface area contributed by atoms with Crippen molar-refractivity contribution < 1.29 is 4.79 Å². The van der Waals surface area contributed by atoms with Crippen molar-refractivity contribution in [1.82, 2.24) is 14.8 Å². The lowest BCUT2D eigenvalue weighted by Crippen LogP contribution is -2.14. The molecule has 1 aliphatic rings. The van der Waals surface area contributed by atoms with Crippen LogP contribution in [0.25, 0.3) is 11.4 Å². The van der Waals surface area contributed by atoms with Gasteiger partial charge in [-0.1, -0.05) is 48.8 Å². The number of hydrogen-bond donors (Lipinski definition) is 1. The van der Waals surface area contributed by atoms with Gasteiger partial charge in [-0.15, -0.1) is 21.5 Å². The second kappa shape index (κ2) is 9.43. The maximum absolute atomic E-state index is 12.6. The SMILES string of the molecule is CCC1CCc2c(sc(NC(=O)CSc3nnc(-c4ccccc4Cl)n3C)c2C#N)C1. The summed E-state index contributed by atoms with van der Waals surface area (Å²) < 4.78 is 1.83. The molecule has 1 aliphatic carbocycles. The zero-order chi connectivity index (χ0) is 22.0. The summed E-state index contributed by atoms with van der Waals surface area (Å²) in [5.41, 5.74) is 2.55. The fourth-order valence-corrected chi connectivity index (χ4v) is 6.08. The number of thiophene rings is 1. The van der Waals surface area contributed by atoms with E-state index in [9.17, 15) is 10.1 Å². The van der Waals surface area contributed by atoms with Crippen LogP contribution in [0.5, 0.6) is 0 Å². The number of benzene rings is 1. The van der Waals surface area contributed by atoms with Crippen molar-refractivity contribution in [3.8, 4) is 17.5 Å². The van der Waals surface area contributed by atoms with E-state index in [1.807, 2.05) is 35.9 Å². The first-order valence-electron chi connectivity index (χ1n) is 10.1. The third-order valence-corrected chi connectivity index (χ3v) is 8.11. The third-order valence-electron chi connectivity index (χ3n) is 5.59. The molecule has 0 saturated carbocycles. The number of nitrogens with one attached hydrogen (secondary N) is 1. The van der Waals surface area contributed by atoms with Crippen LogP contribution >= 0.6 is 34.7 Å². The molecule has 1 N–H and O–H groups in total. The van der Waals surface area contributed by atoms with Gasteiger partial charge in [0, 0.05) is 17.5 Å². The number of nitrogens with zero attached hydrogens (tertiary/aromatic N) is 4. The Kier molecular flexibility index (Phi) is 6.65. The number of carbonyl (C=O) groups excluding carboxylic acids is 1. The van der Waals surface area contributed by atoms with Gasteiger partial charge in [-0.3, -0.25) is 4.79 Å². The van der Waals surface area contributed by atoms with Crippen LogP contribution in [0.1, 0.15) is 35.8 Å². The Morgan fingerprint density at radius 3 is 2.97 bits per heavy atom. The number of carbonyl (C=O) groups is 1. The average molecular weight is 472 g/mol. The molecular formula is C22H22ClN5OS2. The molecule has 9 heteroatoms. The number of aromatic nitrogens is 3. The van der Waals surface area contributed by atoms with Crippen molar-refractivity contribution in [2.45, 2.75) is 37.8 Å². The normalized spacial score (nSPS) is 15.4. The lowest BCUT2D eigenvalue weighted by Gasteiger charge is -2.20. The highest BCUT2D eigenvalue weighted by atomic mass is 35.5. The van der Waals surface area contributed by atoms with E-state index >= 15 is 0 Å². The Morgan fingerprint density at radius 1 is 1.42 bits per heavy atom. The zero-order valence-corrected chi connectivity index (χ0v) is 19.7. The second-order valence-corrected chi connectivity index (χ2v) is 9.97. The summed E-state index contributed by atoms with van der Waals surface area (Å²) in [5, 5.41) is 22.9. The van der Waals surface area contributed by atoms with Gasteiger partial charge in [0.25, 0.3) is 0 Å². The Morgan fingerprint density at radius 2 is 2.23 bits per heavy atom. The minimum absolute atomic E-state index is 0.158. The molecule has 1 aromatic carbocycles. The van der Waals surface area contributed by atoms with Crippen LogP contribution in [-0.4, -0.2) is 26.4 Å². The molecule has 2 heterocycles. The highest BCUT2D eigenvalue weighted by Gasteiger charge is 2.26. The van der Waals surface area contributed by atoms with Gasteiger partial charge in [-0.25, -0.2) is 0 Å². The molecule has 4 rings (SSSR count). The van der Waals surface area contributed by atoms with Gasteiger partial charge in [0.05, 0.1) is 16.3 Å². The lowest BCUT2D eigenvalue weighted by molar-refractivity contribution is -0.113. The molecule has 1 amide bonds. The van der Waals surface area contributed by atoms with Crippen LogP contribution in [0, 0.1) is 17.2 Å². The smallest absolute Gasteiger partial charge is 0.235 e. The number of hydrogen-bond acceptors (Lipinski definition) is 6. The summed E-state index contributed by atoms with van der Waals surface area (Å²) >= 11 is 9.12. The fraction of sp³-hybridized carbons (Fsp3) is 0.364. The van der Waals surface area contributed by atoms with Gasteiger partial charge in [0.1, 0.15) is 11.1 Å². The van der Waals surface area contributed by atoms with E-state index in [1.54, 1.807) is 11.3 Å². The van der Waals surface area contributed by atoms with Gasteiger partial charge in [0.2, 0.25) is 5.91 Å². The van der Waals surface area contributed by atoms with Gasteiger partial charge in [0.15, 0.2) is 11.0 Å². The van der Waals surface area contributed by atoms with Crippen molar-refractivity contribution in [1.29, 1.82) is 5.26 Å². The maximum atomic E-state index is 12.6. The van der Waals surface area contributed by atoms with Crippen LogP contribution in [0.3, 0.4) is 0 Å². The van der Waals surface area contributed by atoms with E-state index < -0.39 is 0 Å². The van der Waals surface area contributed by atoms with Crippen LogP contribution in [-0.2, 0) is 24.7 Å². The quantitative estimate of drug-likeness (QED) is 0.492. The van der Waals surface area contributed by atoms with Gasteiger partial charge in [-0.05, 0) is 42.9 Å². The summed E-state index contributed by atoms with van der Waals surface area (Å²) in [6, 6.07) is 9.76. The first-order chi connectivity index (χ1) is 15.0. The molecule has 0 saturated heterocycles. The van der Waals surface area contributed by atoms with Crippen LogP contribution in [0.15, 0.2) is 29.4 Å². The first-order valence-corrected chi connectivity index (χ1v) is 12.3. The standard InChI is InChI=1S/C22H22ClN5OS2/c1-3-13-8-9-14-16(11-24)21(31-18(14)10-13)25-19(29)12-30-22-27-26-20(28(22)2)15-6-4-5-7-17(15)23/h4-7,13H,3,8-10,12H2,1-2H3,(H,25,29). The number of halogens is 1. The molecule has 1 atom stereocenters. The van der Waals surface area contributed by atoms with Gasteiger partial charge < -0.3 is 9.88 Å². The molecule has 160 valence electrons. The van der Waals surface area contributed by atoms with E-state index in [-0.39, 0.29) is 11.7 Å². The number of fused-ring (bicyclic) bond motifs is 1. The molecule has 6 nitrogen and oxygen atoms in total. The topological polar surface area (TPSA) is 83.6 Å². The predicted octanol–water partition coefficient (Wildman–Crippen LogP) is 5.31. The number of anilines is 1. The Labute approximate surface area is 194 Å². The van der Waals surface area contributed by atoms with E-state index in [1.165, 1.54) is 16.6 Å². The number of rotatable bonds is 6. The average Bonchev–Trinajstić information content (AvgIpc) is 3.31. The predicted molar refractivity (Wildman–Crippen MR) is 126 cm³/mol. The molecule has 0 radical (unpaired) electrons. The van der Waals surface area contributed by atoms with Crippen LogP contribution in [0.2, 0.25) is 5.02 Å². The minimum atomic E-state index is -0.158. The third kappa shape index (κ3) is 4.49. The molecule has 0 bridgehead atoms. The first kappa shape index (κ1) is 21.9. The molecule has 0 fully saturated rings. The highest BCUT2D eigenvalue weighted by molar-refractivity contribution is 7.99. The summed E-state index contributed by atoms with van der Waals surface area (Å²) in [6.45, 7) is 2.21.